The van der Waals surface area contributed by atoms with Crippen LogP contribution in [-0.2, 0) is 4.74 Å². The number of hydrogen-bond acceptors (Lipinski definition) is 3. The van der Waals surface area contributed by atoms with Gasteiger partial charge in [-0.15, -0.1) is 0 Å². The van der Waals surface area contributed by atoms with Gasteiger partial charge in [0.15, 0.2) is 0 Å². The smallest absolute Gasteiger partial charge is 0.338 e. The highest BCUT2D eigenvalue weighted by Gasteiger charge is 2.16. The molecule has 6 heteroatoms. The maximum absolute atomic E-state index is 13.7. The van der Waals surface area contributed by atoms with Gasteiger partial charge in [0, 0.05) is 10.2 Å². The van der Waals surface area contributed by atoms with Gasteiger partial charge in [-0.2, -0.15) is 0 Å². The highest BCUT2D eigenvalue weighted by Crippen LogP contribution is 2.22. The molecule has 2 rings (SSSR count). The van der Waals surface area contributed by atoms with Crippen molar-refractivity contribution in [2.24, 2.45) is 0 Å². The minimum Gasteiger partial charge on any atom is -0.465 e. The van der Waals surface area contributed by atoms with Gasteiger partial charge in [0.05, 0.1) is 18.2 Å². The molecule has 22 heavy (non-hydrogen) atoms. The Morgan fingerprint density at radius 1 is 1.18 bits per heavy atom. The van der Waals surface area contributed by atoms with Crippen LogP contribution in [0.25, 0.3) is 0 Å². The van der Waals surface area contributed by atoms with Gasteiger partial charge in [-0.1, -0.05) is 22.0 Å². The second-order valence-corrected chi connectivity index (χ2v) is 5.46. The van der Waals surface area contributed by atoms with Crippen molar-refractivity contribution >= 4 is 33.5 Å². The van der Waals surface area contributed by atoms with E-state index in [1.54, 1.807) is 25.1 Å². The molecule has 0 fully saturated rings. The fraction of sp³-hybridized carbons (Fsp3) is 0.125. The molecule has 0 atom stereocenters. The summed E-state index contributed by atoms with van der Waals surface area (Å²) in [6.07, 6.45) is 0. The lowest BCUT2D eigenvalue weighted by molar-refractivity contribution is 0.0599. The lowest BCUT2D eigenvalue weighted by Gasteiger charge is -2.12. The molecule has 1 amide bonds. The molecular formula is C16H13BrFNO3. The maximum atomic E-state index is 13.7. The van der Waals surface area contributed by atoms with Crippen molar-refractivity contribution < 1.29 is 18.7 Å². The van der Waals surface area contributed by atoms with Gasteiger partial charge in [-0.05, 0) is 42.8 Å². The van der Waals surface area contributed by atoms with Gasteiger partial charge in [0.2, 0.25) is 0 Å². The van der Waals surface area contributed by atoms with Gasteiger partial charge in [0.1, 0.15) is 5.82 Å². The Kier molecular flexibility index (Phi) is 4.92. The van der Waals surface area contributed by atoms with E-state index in [9.17, 15) is 14.0 Å². The maximum Gasteiger partial charge on any atom is 0.338 e. The molecule has 4 nitrogen and oxygen atoms in total. The largest absolute Gasteiger partial charge is 0.465 e. The van der Waals surface area contributed by atoms with Gasteiger partial charge < -0.3 is 10.1 Å². The number of amides is 1. The first-order valence-corrected chi connectivity index (χ1v) is 7.17. The number of esters is 1. The summed E-state index contributed by atoms with van der Waals surface area (Å²) in [5.41, 5.74) is 1.23. The second kappa shape index (κ2) is 6.70. The first kappa shape index (κ1) is 16.2. The number of halogens is 2. The van der Waals surface area contributed by atoms with E-state index in [0.29, 0.717) is 21.3 Å². The van der Waals surface area contributed by atoms with Crippen molar-refractivity contribution in [2.75, 3.05) is 12.4 Å². The van der Waals surface area contributed by atoms with E-state index in [-0.39, 0.29) is 5.56 Å². The Morgan fingerprint density at radius 2 is 1.91 bits per heavy atom. The molecule has 2 aromatic carbocycles. The molecule has 0 saturated heterocycles. The average molecular weight is 366 g/mol. The fourth-order valence-electron chi connectivity index (χ4n) is 1.96. The van der Waals surface area contributed by atoms with E-state index in [0.717, 1.165) is 0 Å². The van der Waals surface area contributed by atoms with Crippen molar-refractivity contribution in [3.05, 3.63) is 63.4 Å². The molecule has 114 valence electrons. The zero-order valence-electron chi connectivity index (χ0n) is 11.9. The molecule has 0 heterocycles. The number of rotatable bonds is 3. The summed E-state index contributed by atoms with van der Waals surface area (Å²) in [7, 11) is 1.28. The van der Waals surface area contributed by atoms with Crippen LogP contribution in [0.2, 0.25) is 0 Å². The van der Waals surface area contributed by atoms with Crippen LogP contribution in [-0.4, -0.2) is 19.0 Å². The molecular weight excluding hydrogens is 353 g/mol. The Labute approximate surface area is 135 Å². The normalized spacial score (nSPS) is 10.2. The van der Waals surface area contributed by atoms with Crippen molar-refractivity contribution in [2.45, 2.75) is 6.92 Å². The van der Waals surface area contributed by atoms with Gasteiger partial charge in [-0.25, -0.2) is 9.18 Å². The van der Waals surface area contributed by atoms with Crippen molar-refractivity contribution in [1.82, 2.24) is 0 Å². The summed E-state index contributed by atoms with van der Waals surface area (Å²) in [5, 5.41) is 2.61. The Hall–Kier alpha value is -2.21. The first-order valence-electron chi connectivity index (χ1n) is 6.38. The number of hydrogen-bond donors (Lipinski definition) is 1. The molecule has 0 aromatic heterocycles. The molecule has 0 aliphatic rings. The topological polar surface area (TPSA) is 55.4 Å². The van der Waals surface area contributed by atoms with Crippen LogP contribution < -0.4 is 5.32 Å². The number of carbonyl (C=O) groups is 2. The Balaban J connectivity index is 2.33. The van der Waals surface area contributed by atoms with Gasteiger partial charge in [-0.3, -0.25) is 4.79 Å². The molecule has 0 aliphatic carbocycles. The van der Waals surface area contributed by atoms with Crippen LogP contribution in [0.3, 0.4) is 0 Å². The quantitative estimate of drug-likeness (QED) is 0.838. The van der Waals surface area contributed by atoms with Crippen molar-refractivity contribution in [3.8, 4) is 0 Å². The van der Waals surface area contributed by atoms with Crippen LogP contribution >= 0.6 is 15.9 Å². The van der Waals surface area contributed by atoms with Crippen molar-refractivity contribution in [1.29, 1.82) is 0 Å². The summed E-state index contributed by atoms with van der Waals surface area (Å²) < 4.78 is 19.0. The minimum absolute atomic E-state index is 0.0859. The van der Waals surface area contributed by atoms with E-state index < -0.39 is 17.7 Å². The summed E-state index contributed by atoms with van der Waals surface area (Å²) in [4.78, 5) is 23.8. The molecule has 0 radical (unpaired) electrons. The zero-order chi connectivity index (χ0) is 16.3. The van der Waals surface area contributed by atoms with Crippen LogP contribution in [0.4, 0.5) is 10.1 Å². The first-order chi connectivity index (χ1) is 10.4. The lowest BCUT2D eigenvalue weighted by Crippen LogP contribution is -2.16. The standard InChI is InChI=1S/C16H13BrFNO3/c1-9-11(16(21)22-2)4-3-5-14(9)19-15(20)12-8-10(17)6-7-13(12)18/h3-8H,1-2H3,(H,19,20). The zero-order valence-corrected chi connectivity index (χ0v) is 13.5. The molecule has 0 bridgehead atoms. The number of carbonyl (C=O) groups excluding carboxylic acids is 2. The van der Waals surface area contributed by atoms with E-state index in [1.807, 2.05) is 0 Å². The highest BCUT2D eigenvalue weighted by atomic mass is 79.9. The van der Waals surface area contributed by atoms with Crippen LogP contribution in [0.1, 0.15) is 26.3 Å². The van der Waals surface area contributed by atoms with E-state index in [2.05, 4.69) is 26.0 Å². The molecule has 2 aromatic rings. The minimum atomic E-state index is -0.623. The summed E-state index contributed by atoms with van der Waals surface area (Å²) in [6.45, 7) is 1.68. The second-order valence-electron chi connectivity index (χ2n) is 4.55. The molecule has 0 spiro atoms. The molecule has 1 N–H and O–H groups in total. The third-order valence-electron chi connectivity index (χ3n) is 3.16. The predicted molar refractivity (Wildman–Crippen MR) is 84.6 cm³/mol. The SMILES string of the molecule is COC(=O)c1cccc(NC(=O)c2cc(Br)ccc2F)c1C. The van der Waals surface area contributed by atoms with E-state index in [1.165, 1.54) is 25.3 Å². The Morgan fingerprint density at radius 3 is 2.59 bits per heavy atom. The van der Waals surface area contributed by atoms with Crippen LogP contribution in [0.5, 0.6) is 0 Å². The van der Waals surface area contributed by atoms with Crippen molar-refractivity contribution in [3.63, 3.8) is 0 Å². The molecule has 0 saturated carbocycles. The molecule has 0 aliphatic heterocycles. The highest BCUT2D eigenvalue weighted by molar-refractivity contribution is 9.10. The van der Waals surface area contributed by atoms with Gasteiger partial charge in [0.25, 0.3) is 5.91 Å². The monoisotopic (exact) mass is 365 g/mol. The van der Waals surface area contributed by atoms with Crippen LogP contribution in [0.15, 0.2) is 40.9 Å². The van der Waals surface area contributed by atoms with E-state index in [4.69, 9.17) is 0 Å². The summed E-state index contributed by atoms with van der Waals surface area (Å²) >= 11 is 3.20. The third kappa shape index (κ3) is 3.33. The average Bonchev–Trinajstić information content (AvgIpc) is 2.51. The Bertz CT molecular complexity index is 746. The summed E-state index contributed by atoms with van der Waals surface area (Å²) in [6, 6.07) is 8.95. The van der Waals surface area contributed by atoms with E-state index >= 15 is 0 Å². The molecule has 0 unspecified atom stereocenters. The number of benzene rings is 2. The third-order valence-corrected chi connectivity index (χ3v) is 3.65. The van der Waals surface area contributed by atoms with Gasteiger partial charge >= 0.3 is 5.97 Å². The van der Waals surface area contributed by atoms with Crippen LogP contribution in [0, 0.1) is 12.7 Å². The number of ether oxygens (including phenoxy) is 1. The lowest BCUT2D eigenvalue weighted by atomic mass is 10.1. The number of methoxy groups -OCH3 is 1. The fourth-order valence-corrected chi connectivity index (χ4v) is 2.32. The predicted octanol–water partition coefficient (Wildman–Crippen LogP) is 3.94. The summed E-state index contributed by atoms with van der Waals surface area (Å²) in [5.74, 6) is -1.71. The number of anilines is 1. The number of nitrogens with one attached hydrogen (secondary N) is 1.